The second-order valence-electron chi connectivity index (χ2n) is 5.88. The molecule has 0 bridgehead atoms. The highest BCUT2D eigenvalue weighted by Crippen LogP contribution is 2.24. The van der Waals surface area contributed by atoms with Gasteiger partial charge in [-0.05, 0) is 44.4 Å². The summed E-state index contributed by atoms with van der Waals surface area (Å²) in [5.41, 5.74) is 2.79. The van der Waals surface area contributed by atoms with Gasteiger partial charge in [0.2, 0.25) is 0 Å². The lowest BCUT2D eigenvalue weighted by atomic mass is 10.0. The molecule has 0 saturated carbocycles. The van der Waals surface area contributed by atoms with Crippen LogP contribution in [0.25, 0.3) is 0 Å². The number of nitrogens with one attached hydrogen (secondary N) is 1. The van der Waals surface area contributed by atoms with E-state index in [0.717, 1.165) is 6.54 Å². The molecule has 2 rings (SSSR count). The maximum Gasteiger partial charge on any atom is 0.0373 e. The summed E-state index contributed by atoms with van der Waals surface area (Å²) in [7, 11) is 2.27. The Labute approximate surface area is 111 Å². The molecule has 1 heterocycles. The van der Waals surface area contributed by atoms with Crippen LogP contribution in [0, 0.1) is 5.92 Å². The number of hydrogen-bond donors (Lipinski definition) is 1. The maximum atomic E-state index is 3.61. The van der Waals surface area contributed by atoms with Crippen molar-refractivity contribution in [3.63, 3.8) is 0 Å². The summed E-state index contributed by atoms with van der Waals surface area (Å²) >= 11 is 0. The molecule has 2 heteroatoms. The lowest BCUT2D eigenvalue weighted by Crippen LogP contribution is -2.44. The van der Waals surface area contributed by atoms with E-state index in [2.05, 4.69) is 62.3 Å². The number of rotatable bonds is 3. The lowest BCUT2D eigenvalue weighted by molar-refractivity contribution is 0.148. The van der Waals surface area contributed by atoms with Gasteiger partial charge in [0.05, 0.1) is 0 Å². The van der Waals surface area contributed by atoms with E-state index in [1.54, 1.807) is 0 Å². The van der Waals surface area contributed by atoms with Crippen LogP contribution in [0.1, 0.15) is 32.8 Å². The van der Waals surface area contributed by atoms with Crippen LogP contribution in [0.5, 0.6) is 0 Å². The fourth-order valence-electron chi connectivity index (χ4n) is 2.71. The van der Waals surface area contributed by atoms with Crippen molar-refractivity contribution in [3.05, 3.63) is 29.8 Å². The highest BCUT2D eigenvalue weighted by molar-refractivity contribution is 5.52. The zero-order chi connectivity index (χ0) is 13.1. The Kier molecular flexibility index (Phi) is 4.28. The number of fused-ring (bicyclic) bond motifs is 1. The Bertz CT molecular complexity index is 359. The first kappa shape index (κ1) is 13.4. The standard InChI is InChI=1S/C16H26N2/c1-12(2)13(3)18(4)15-10-9-14-7-5-6-8-16(14)17-11-15/h5-8,12-13,15,17H,9-11H2,1-4H3. The predicted molar refractivity (Wildman–Crippen MR) is 79.1 cm³/mol. The molecule has 2 nitrogen and oxygen atoms in total. The third-order valence-electron chi connectivity index (χ3n) is 4.48. The van der Waals surface area contributed by atoms with Crippen molar-refractivity contribution in [3.8, 4) is 0 Å². The number of para-hydroxylation sites is 1. The Morgan fingerprint density at radius 2 is 1.94 bits per heavy atom. The van der Waals surface area contributed by atoms with E-state index in [0.29, 0.717) is 18.0 Å². The Hall–Kier alpha value is -1.02. The smallest absolute Gasteiger partial charge is 0.0373 e. The minimum Gasteiger partial charge on any atom is -0.383 e. The molecular weight excluding hydrogens is 220 g/mol. The Balaban J connectivity index is 2.03. The van der Waals surface area contributed by atoms with E-state index in [9.17, 15) is 0 Å². The van der Waals surface area contributed by atoms with E-state index in [1.807, 2.05) is 0 Å². The molecule has 0 fully saturated rings. The van der Waals surface area contributed by atoms with E-state index in [4.69, 9.17) is 0 Å². The van der Waals surface area contributed by atoms with Crippen LogP contribution in [0.15, 0.2) is 24.3 Å². The summed E-state index contributed by atoms with van der Waals surface area (Å²) in [5, 5.41) is 3.61. The lowest BCUT2D eigenvalue weighted by Gasteiger charge is -2.34. The van der Waals surface area contributed by atoms with Crippen molar-refractivity contribution in [2.45, 2.75) is 45.7 Å². The highest BCUT2D eigenvalue weighted by atomic mass is 15.2. The van der Waals surface area contributed by atoms with Crippen molar-refractivity contribution in [1.29, 1.82) is 0 Å². The van der Waals surface area contributed by atoms with Crippen LogP contribution >= 0.6 is 0 Å². The van der Waals surface area contributed by atoms with Crippen molar-refractivity contribution in [2.24, 2.45) is 5.92 Å². The summed E-state index contributed by atoms with van der Waals surface area (Å²) in [6, 6.07) is 9.97. The van der Waals surface area contributed by atoms with Crippen LogP contribution in [0.4, 0.5) is 5.69 Å². The topological polar surface area (TPSA) is 15.3 Å². The summed E-state index contributed by atoms with van der Waals surface area (Å²) in [6.45, 7) is 8.01. The molecule has 0 amide bonds. The van der Waals surface area contributed by atoms with Crippen molar-refractivity contribution >= 4 is 5.69 Å². The van der Waals surface area contributed by atoms with Gasteiger partial charge in [-0.2, -0.15) is 0 Å². The molecule has 0 spiro atoms. The number of aryl methyl sites for hydroxylation is 1. The third kappa shape index (κ3) is 2.86. The Morgan fingerprint density at radius 3 is 2.67 bits per heavy atom. The van der Waals surface area contributed by atoms with E-state index in [-0.39, 0.29) is 0 Å². The van der Waals surface area contributed by atoms with Crippen molar-refractivity contribution < 1.29 is 0 Å². The molecule has 0 saturated heterocycles. The average molecular weight is 246 g/mol. The predicted octanol–water partition coefficient (Wildman–Crippen LogP) is 3.39. The van der Waals surface area contributed by atoms with Gasteiger partial charge in [-0.1, -0.05) is 32.0 Å². The minimum atomic E-state index is 0.634. The zero-order valence-electron chi connectivity index (χ0n) is 12.1. The Morgan fingerprint density at radius 1 is 1.22 bits per heavy atom. The highest BCUT2D eigenvalue weighted by Gasteiger charge is 2.23. The molecule has 0 aromatic heterocycles. The van der Waals surface area contributed by atoms with Gasteiger partial charge in [-0.15, -0.1) is 0 Å². The quantitative estimate of drug-likeness (QED) is 0.879. The van der Waals surface area contributed by atoms with E-state index in [1.165, 1.54) is 24.1 Å². The fourth-order valence-corrected chi connectivity index (χ4v) is 2.71. The van der Waals surface area contributed by atoms with Crippen LogP contribution in [-0.4, -0.2) is 30.6 Å². The largest absolute Gasteiger partial charge is 0.383 e. The van der Waals surface area contributed by atoms with Gasteiger partial charge >= 0.3 is 0 Å². The molecule has 100 valence electrons. The molecule has 18 heavy (non-hydrogen) atoms. The summed E-state index contributed by atoms with van der Waals surface area (Å²) in [6.07, 6.45) is 2.43. The number of hydrogen-bond acceptors (Lipinski definition) is 2. The zero-order valence-corrected chi connectivity index (χ0v) is 12.1. The van der Waals surface area contributed by atoms with Crippen molar-refractivity contribution in [1.82, 2.24) is 4.90 Å². The SMILES string of the molecule is CC(C)C(C)N(C)C1CCc2ccccc2NC1. The van der Waals surface area contributed by atoms with Gasteiger partial charge in [0.25, 0.3) is 0 Å². The first-order valence-electron chi connectivity index (χ1n) is 7.13. The van der Waals surface area contributed by atoms with Gasteiger partial charge in [0, 0.05) is 24.3 Å². The molecule has 0 radical (unpaired) electrons. The summed E-state index contributed by atoms with van der Waals surface area (Å²) < 4.78 is 0. The molecule has 1 aliphatic rings. The van der Waals surface area contributed by atoms with Gasteiger partial charge in [0.15, 0.2) is 0 Å². The number of likely N-dealkylation sites (N-methyl/N-ethyl adjacent to an activating group) is 1. The van der Waals surface area contributed by atoms with Crippen LogP contribution in [-0.2, 0) is 6.42 Å². The first-order valence-corrected chi connectivity index (χ1v) is 7.13. The third-order valence-corrected chi connectivity index (χ3v) is 4.48. The molecule has 2 atom stereocenters. The minimum absolute atomic E-state index is 0.634. The van der Waals surface area contributed by atoms with Gasteiger partial charge in [0.1, 0.15) is 0 Å². The fraction of sp³-hybridized carbons (Fsp3) is 0.625. The monoisotopic (exact) mass is 246 g/mol. The molecule has 1 N–H and O–H groups in total. The first-order chi connectivity index (χ1) is 8.59. The second-order valence-corrected chi connectivity index (χ2v) is 5.88. The van der Waals surface area contributed by atoms with Gasteiger partial charge < -0.3 is 5.32 Å². The average Bonchev–Trinajstić information content (AvgIpc) is 2.59. The van der Waals surface area contributed by atoms with E-state index < -0.39 is 0 Å². The summed E-state index contributed by atoms with van der Waals surface area (Å²) in [4.78, 5) is 2.55. The molecule has 1 aromatic rings. The van der Waals surface area contributed by atoms with Crippen molar-refractivity contribution in [2.75, 3.05) is 18.9 Å². The second kappa shape index (κ2) is 5.75. The van der Waals surface area contributed by atoms with Crippen LogP contribution in [0.3, 0.4) is 0 Å². The molecular formula is C16H26N2. The van der Waals surface area contributed by atoms with E-state index >= 15 is 0 Å². The summed E-state index contributed by atoms with van der Waals surface area (Å²) in [5.74, 6) is 0.709. The molecule has 0 aliphatic carbocycles. The van der Waals surface area contributed by atoms with Crippen LogP contribution < -0.4 is 5.32 Å². The molecule has 1 aromatic carbocycles. The molecule has 1 aliphatic heterocycles. The maximum absolute atomic E-state index is 3.61. The van der Waals surface area contributed by atoms with Gasteiger partial charge in [-0.25, -0.2) is 0 Å². The number of anilines is 1. The van der Waals surface area contributed by atoms with Gasteiger partial charge in [-0.3, -0.25) is 4.90 Å². The van der Waals surface area contributed by atoms with Crippen LogP contribution in [0.2, 0.25) is 0 Å². The number of nitrogens with zero attached hydrogens (tertiary/aromatic N) is 1. The number of benzene rings is 1. The molecule has 2 unspecified atom stereocenters. The normalized spacial score (nSPS) is 21.3.